The van der Waals surface area contributed by atoms with E-state index in [4.69, 9.17) is 10.3 Å². The first kappa shape index (κ1) is 16.6. The first-order valence-electron chi connectivity index (χ1n) is 7.32. The summed E-state index contributed by atoms with van der Waals surface area (Å²) in [5, 5.41) is 3.57. The Morgan fingerprint density at radius 2 is 1.78 bits per heavy atom. The summed E-state index contributed by atoms with van der Waals surface area (Å²) in [5.41, 5.74) is 11.2. The van der Waals surface area contributed by atoms with Gasteiger partial charge in [-0.25, -0.2) is 4.79 Å². The lowest BCUT2D eigenvalue weighted by atomic mass is 10.0. The van der Waals surface area contributed by atoms with Crippen molar-refractivity contribution in [3.05, 3.63) is 70.1 Å². The quantitative estimate of drug-likeness (QED) is 0.340. The highest BCUT2D eigenvalue weighted by molar-refractivity contribution is 5.91. The predicted molar refractivity (Wildman–Crippen MR) is 89.9 cm³/mol. The molecule has 0 unspecified atom stereocenters. The van der Waals surface area contributed by atoms with Gasteiger partial charge in [-0.3, -0.25) is 0 Å². The maximum atomic E-state index is 12.2. The van der Waals surface area contributed by atoms with Crippen LogP contribution in [0.15, 0.2) is 53.6 Å². The Morgan fingerprint density at radius 3 is 2.43 bits per heavy atom. The minimum atomic E-state index is -0.525. The Labute approximate surface area is 135 Å². The second-order valence-corrected chi connectivity index (χ2v) is 6.17. The van der Waals surface area contributed by atoms with Gasteiger partial charge in [0.1, 0.15) is 5.60 Å². The third-order valence-electron chi connectivity index (χ3n) is 3.07. The molecule has 0 aromatic heterocycles. The minimum absolute atomic E-state index is 0.302. The van der Waals surface area contributed by atoms with Crippen molar-refractivity contribution in [3.8, 4) is 11.1 Å². The first-order chi connectivity index (χ1) is 10.9. The fourth-order valence-electron chi connectivity index (χ4n) is 2.13. The van der Waals surface area contributed by atoms with Crippen LogP contribution in [-0.4, -0.2) is 11.6 Å². The molecule has 0 fully saturated rings. The fourth-order valence-corrected chi connectivity index (χ4v) is 2.13. The number of nitrogens with zero attached hydrogens (tertiary/aromatic N) is 3. The zero-order chi connectivity index (χ0) is 16.9. The van der Waals surface area contributed by atoms with Crippen LogP contribution < -0.4 is 0 Å². The summed E-state index contributed by atoms with van der Waals surface area (Å²) < 4.78 is 5.40. The Balaban J connectivity index is 2.29. The highest BCUT2D eigenvalue weighted by Gasteiger charge is 2.18. The molecule has 0 aliphatic rings. The molecule has 5 nitrogen and oxygen atoms in total. The largest absolute Gasteiger partial charge is 0.456 e. The van der Waals surface area contributed by atoms with Crippen LogP contribution in [0.3, 0.4) is 0 Å². The molecule has 118 valence electrons. The lowest BCUT2D eigenvalue weighted by Crippen LogP contribution is -2.23. The highest BCUT2D eigenvalue weighted by Crippen LogP contribution is 2.23. The predicted octanol–water partition coefficient (Wildman–Crippen LogP) is 5.12. The number of carbonyl (C=O) groups excluding carboxylic acids is 1. The molecule has 2 aromatic carbocycles. The van der Waals surface area contributed by atoms with Gasteiger partial charge in [0.2, 0.25) is 0 Å². The molecule has 0 heterocycles. The number of esters is 1. The van der Waals surface area contributed by atoms with E-state index in [9.17, 15) is 4.79 Å². The summed E-state index contributed by atoms with van der Waals surface area (Å²) >= 11 is 0. The van der Waals surface area contributed by atoms with Gasteiger partial charge in [0, 0.05) is 4.91 Å². The monoisotopic (exact) mass is 309 g/mol. The van der Waals surface area contributed by atoms with E-state index in [0.29, 0.717) is 12.1 Å². The van der Waals surface area contributed by atoms with Gasteiger partial charge in [-0.1, -0.05) is 41.5 Å². The third kappa shape index (κ3) is 4.87. The Bertz CT molecular complexity index is 757. The van der Waals surface area contributed by atoms with Gasteiger partial charge in [-0.15, -0.1) is 0 Å². The maximum Gasteiger partial charge on any atom is 0.338 e. The molecule has 0 saturated heterocycles. The van der Waals surface area contributed by atoms with Crippen molar-refractivity contribution in [2.45, 2.75) is 32.9 Å². The normalized spacial score (nSPS) is 10.7. The van der Waals surface area contributed by atoms with Crippen molar-refractivity contribution in [3.63, 3.8) is 0 Å². The molecule has 0 aliphatic carbocycles. The van der Waals surface area contributed by atoms with Crippen LogP contribution in [0, 0.1) is 0 Å². The van der Waals surface area contributed by atoms with E-state index in [2.05, 4.69) is 10.0 Å². The SMILES string of the molecule is CC(C)(C)OC(=O)c1cccc(-c2cccc(CN=[N+]=[N-])c2)c1. The van der Waals surface area contributed by atoms with Gasteiger partial charge in [-0.2, -0.15) is 0 Å². The second-order valence-electron chi connectivity index (χ2n) is 6.17. The number of hydrogen-bond donors (Lipinski definition) is 0. The van der Waals surface area contributed by atoms with E-state index in [1.807, 2.05) is 57.2 Å². The summed E-state index contributed by atoms with van der Waals surface area (Å²) in [6.45, 7) is 5.83. The fraction of sp³-hybridized carbons (Fsp3) is 0.278. The van der Waals surface area contributed by atoms with E-state index in [0.717, 1.165) is 16.7 Å². The minimum Gasteiger partial charge on any atom is -0.456 e. The van der Waals surface area contributed by atoms with Crippen LogP contribution in [0.5, 0.6) is 0 Å². The lowest BCUT2D eigenvalue weighted by Gasteiger charge is -2.19. The van der Waals surface area contributed by atoms with Crippen molar-refractivity contribution < 1.29 is 9.53 Å². The number of ether oxygens (including phenoxy) is 1. The van der Waals surface area contributed by atoms with Crippen LogP contribution in [0.4, 0.5) is 0 Å². The van der Waals surface area contributed by atoms with Crippen LogP contribution >= 0.6 is 0 Å². The molecule has 23 heavy (non-hydrogen) atoms. The molecular formula is C18H19N3O2. The van der Waals surface area contributed by atoms with Crippen molar-refractivity contribution >= 4 is 5.97 Å². The molecule has 0 N–H and O–H groups in total. The van der Waals surface area contributed by atoms with E-state index >= 15 is 0 Å². The molecule has 0 aliphatic heterocycles. The van der Waals surface area contributed by atoms with Crippen LogP contribution in [0.2, 0.25) is 0 Å². The number of rotatable bonds is 4. The Kier molecular flexibility index (Phi) is 5.04. The van der Waals surface area contributed by atoms with Crippen molar-refractivity contribution in [1.29, 1.82) is 0 Å². The molecule has 0 radical (unpaired) electrons. The standard InChI is InChI=1S/C18H19N3O2/c1-18(2,3)23-17(22)16-9-5-8-15(11-16)14-7-4-6-13(10-14)12-20-21-19/h4-11H,12H2,1-3H3. The topological polar surface area (TPSA) is 75.1 Å². The van der Waals surface area contributed by atoms with Crippen molar-refractivity contribution in [2.75, 3.05) is 0 Å². The van der Waals surface area contributed by atoms with E-state index in [1.165, 1.54) is 0 Å². The van der Waals surface area contributed by atoms with Gasteiger partial charge >= 0.3 is 5.97 Å². The maximum absolute atomic E-state index is 12.2. The van der Waals surface area contributed by atoms with E-state index in [1.54, 1.807) is 12.1 Å². The molecule has 0 spiro atoms. The molecular weight excluding hydrogens is 290 g/mol. The van der Waals surface area contributed by atoms with Crippen LogP contribution in [-0.2, 0) is 11.3 Å². The molecule has 2 rings (SSSR count). The van der Waals surface area contributed by atoms with Gasteiger partial charge < -0.3 is 4.74 Å². The number of benzene rings is 2. The van der Waals surface area contributed by atoms with E-state index in [-0.39, 0.29) is 5.97 Å². The summed E-state index contributed by atoms with van der Waals surface area (Å²) in [6.07, 6.45) is 0. The molecule has 0 amide bonds. The summed E-state index contributed by atoms with van der Waals surface area (Å²) in [6, 6.07) is 15.0. The second kappa shape index (κ2) is 6.99. The van der Waals surface area contributed by atoms with Gasteiger partial charge in [-0.05, 0) is 55.1 Å². The Hall–Kier alpha value is -2.78. The number of azide groups is 1. The molecule has 2 aromatic rings. The smallest absolute Gasteiger partial charge is 0.338 e. The average Bonchev–Trinajstić information content (AvgIpc) is 2.52. The lowest BCUT2D eigenvalue weighted by molar-refractivity contribution is 0.00696. The summed E-state index contributed by atoms with van der Waals surface area (Å²) in [7, 11) is 0. The van der Waals surface area contributed by atoms with Crippen LogP contribution in [0.25, 0.3) is 21.6 Å². The van der Waals surface area contributed by atoms with Crippen LogP contribution in [0.1, 0.15) is 36.7 Å². The van der Waals surface area contributed by atoms with Crippen molar-refractivity contribution in [1.82, 2.24) is 0 Å². The van der Waals surface area contributed by atoms with Gasteiger partial charge in [0.15, 0.2) is 0 Å². The zero-order valence-electron chi connectivity index (χ0n) is 13.5. The number of hydrogen-bond acceptors (Lipinski definition) is 3. The average molecular weight is 309 g/mol. The number of carbonyl (C=O) groups is 1. The highest BCUT2D eigenvalue weighted by atomic mass is 16.6. The van der Waals surface area contributed by atoms with Gasteiger partial charge in [0.25, 0.3) is 0 Å². The first-order valence-corrected chi connectivity index (χ1v) is 7.32. The molecule has 0 atom stereocenters. The molecule has 0 bridgehead atoms. The summed E-state index contributed by atoms with van der Waals surface area (Å²) in [5.74, 6) is -0.343. The molecule has 0 saturated carbocycles. The van der Waals surface area contributed by atoms with Gasteiger partial charge in [0.05, 0.1) is 12.1 Å². The zero-order valence-corrected chi connectivity index (χ0v) is 13.5. The molecule has 5 heteroatoms. The summed E-state index contributed by atoms with van der Waals surface area (Å²) in [4.78, 5) is 14.9. The van der Waals surface area contributed by atoms with Crippen molar-refractivity contribution in [2.24, 2.45) is 5.11 Å². The van der Waals surface area contributed by atoms with E-state index < -0.39 is 5.60 Å². The third-order valence-corrected chi connectivity index (χ3v) is 3.07. The Morgan fingerprint density at radius 1 is 1.13 bits per heavy atom.